The molecule has 4 nitrogen and oxygen atoms in total. The average molecular weight is 326 g/mol. The molecule has 0 bridgehead atoms. The van der Waals surface area contributed by atoms with Crippen molar-refractivity contribution in [2.24, 2.45) is 5.92 Å². The van der Waals surface area contributed by atoms with Crippen LogP contribution in [0.4, 0.5) is 4.39 Å². The summed E-state index contributed by atoms with van der Waals surface area (Å²) in [5.74, 6) is -0.390. The minimum Gasteiger partial charge on any atom is -0.355 e. The topological polar surface area (TPSA) is 49.4 Å². The van der Waals surface area contributed by atoms with Gasteiger partial charge in [0, 0.05) is 43.7 Å². The van der Waals surface area contributed by atoms with E-state index in [1.165, 1.54) is 24.3 Å². The Labute approximate surface area is 140 Å². The van der Waals surface area contributed by atoms with Crippen LogP contribution in [-0.4, -0.2) is 36.7 Å². The molecule has 1 heterocycles. The lowest BCUT2D eigenvalue weighted by Crippen LogP contribution is -2.49. The first-order valence-corrected chi connectivity index (χ1v) is 7.90. The Balaban J connectivity index is 1.52. The number of carbonyl (C=O) groups excluding carboxylic acids is 2. The van der Waals surface area contributed by atoms with E-state index in [0.29, 0.717) is 24.2 Å². The van der Waals surface area contributed by atoms with Crippen LogP contribution in [0, 0.1) is 11.7 Å². The van der Waals surface area contributed by atoms with Gasteiger partial charge in [0.1, 0.15) is 5.82 Å². The van der Waals surface area contributed by atoms with Gasteiger partial charge in [0.25, 0.3) is 5.91 Å². The lowest BCUT2D eigenvalue weighted by atomic mass is 9.90. The van der Waals surface area contributed by atoms with Gasteiger partial charge in [0.2, 0.25) is 0 Å². The standard InChI is InChI=1S/C19H19FN2O2/c1-21-19(24)15-4-2-13(3-5-15)10-22-11-16(12-22)18(23)14-6-8-17(20)9-7-14/h2-9,16H,10-12H2,1H3,(H,21,24). The summed E-state index contributed by atoms with van der Waals surface area (Å²) in [6.07, 6.45) is 0. The molecule has 5 heteroatoms. The first kappa shape index (κ1) is 16.3. The number of halogens is 1. The molecule has 1 saturated heterocycles. The van der Waals surface area contributed by atoms with Crippen LogP contribution in [0.1, 0.15) is 26.3 Å². The second kappa shape index (κ2) is 6.93. The van der Waals surface area contributed by atoms with Crippen LogP contribution in [-0.2, 0) is 6.54 Å². The Hall–Kier alpha value is -2.53. The molecule has 1 aliphatic heterocycles. The number of carbonyl (C=O) groups is 2. The fourth-order valence-corrected chi connectivity index (χ4v) is 2.88. The van der Waals surface area contributed by atoms with E-state index in [2.05, 4.69) is 10.2 Å². The van der Waals surface area contributed by atoms with E-state index in [4.69, 9.17) is 0 Å². The number of hydrogen-bond donors (Lipinski definition) is 1. The molecule has 2 aromatic carbocycles. The van der Waals surface area contributed by atoms with E-state index in [1.807, 2.05) is 12.1 Å². The van der Waals surface area contributed by atoms with Gasteiger partial charge in [0.15, 0.2) is 5.78 Å². The van der Waals surface area contributed by atoms with E-state index in [1.54, 1.807) is 19.2 Å². The maximum absolute atomic E-state index is 12.9. The van der Waals surface area contributed by atoms with Crippen LogP contribution in [0.15, 0.2) is 48.5 Å². The smallest absolute Gasteiger partial charge is 0.251 e. The van der Waals surface area contributed by atoms with E-state index < -0.39 is 0 Å². The average Bonchev–Trinajstić information content (AvgIpc) is 2.57. The van der Waals surface area contributed by atoms with Gasteiger partial charge in [-0.25, -0.2) is 4.39 Å². The predicted molar refractivity (Wildman–Crippen MR) is 89.3 cm³/mol. The molecule has 0 radical (unpaired) electrons. The van der Waals surface area contributed by atoms with Crippen molar-refractivity contribution in [2.75, 3.05) is 20.1 Å². The summed E-state index contributed by atoms with van der Waals surface area (Å²) in [4.78, 5) is 26.0. The highest BCUT2D eigenvalue weighted by Crippen LogP contribution is 2.23. The third-order valence-electron chi connectivity index (χ3n) is 4.31. The molecule has 24 heavy (non-hydrogen) atoms. The SMILES string of the molecule is CNC(=O)c1ccc(CN2CC(C(=O)c3ccc(F)cc3)C2)cc1. The molecular formula is C19H19FN2O2. The second-order valence-corrected chi connectivity index (χ2v) is 6.04. The normalized spacial score (nSPS) is 14.9. The van der Waals surface area contributed by atoms with Gasteiger partial charge in [-0.15, -0.1) is 0 Å². The molecule has 0 atom stereocenters. The Morgan fingerprint density at radius 2 is 1.62 bits per heavy atom. The van der Waals surface area contributed by atoms with Crippen molar-refractivity contribution in [3.8, 4) is 0 Å². The zero-order valence-electron chi connectivity index (χ0n) is 13.5. The third-order valence-corrected chi connectivity index (χ3v) is 4.31. The summed E-state index contributed by atoms with van der Waals surface area (Å²) < 4.78 is 12.9. The van der Waals surface area contributed by atoms with E-state index in [-0.39, 0.29) is 23.4 Å². The van der Waals surface area contributed by atoms with Crippen molar-refractivity contribution in [3.05, 3.63) is 71.0 Å². The zero-order valence-corrected chi connectivity index (χ0v) is 13.5. The minimum atomic E-state index is -0.331. The maximum atomic E-state index is 12.9. The van der Waals surface area contributed by atoms with Crippen molar-refractivity contribution in [3.63, 3.8) is 0 Å². The van der Waals surface area contributed by atoms with Crippen molar-refractivity contribution in [2.45, 2.75) is 6.54 Å². The first-order chi connectivity index (χ1) is 11.6. The highest BCUT2D eigenvalue weighted by atomic mass is 19.1. The van der Waals surface area contributed by atoms with Gasteiger partial charge in [-0.2, -0.15) is 0 Å². The van der Waals surface area contributed by atoms with Crippen LogP contribution in [0.25, 0.3) is 0 Å². The number of amides is 1. The van der Waals surface area contributed by atoms with Gasteiger partial charge < -0.3 is 5.32 Å². The number of hydrogen-bond acceptors (Lipinski definition) is 3. The Morgan fingerprint density at radius 1 is 1.04 bits per heavy atom. The van der Waals surface area contributed by atoms with Crippen molar-refractivity contribution >= 4 is 11.7 Å². The molecule has 1 amide bonds. The number of ketones is 1. The van der Waals surface area contributed by atoms with Crippen LogP contribution >= 0.6 is 0 Å². The molecular weight excluding hydrogens is 307 g/mol. The predicted octanol–water partition coefficient (Wildman–Crippen LogP) is 2.50. The van der Waals surface area contributed by atoms with Gasteiger partial charge in [-0.05, 0) is 42.0 Å². The zero-order chi connectivity index (χ0) is 17.1. The summed E-state index contributed by atoms with van der Waals surface area (Å²) >= 11 is 0. The number of nitrogens with one attached hydrogen (secondary N) is 1. The molecule has 1 aliphatic rings. The second-order valence-electron chi connectivity index (χ2n) is 6.04. The minimum absolute atomic E-state index is 0.0272. The first-order valence-electron chi connectivity index (χ1n) is 7.90. The van der Waals surface area contributed by atoms with Gasteiger partial charge >= 0.3 is 0 Å². The fourth-order valence-electron chi connectivity index (χ4n) is 2.88. The molecule has 1 fully saturated rings. The molecule has 0 spiro atoms. The summed E-state index contributed by atoms with van der Waals surface area (Å²) in [6, 6.07) is 13.2. The number of rotatable bonds is 5. The molecule has 0 aliphatic carbocycles. The number of benzene rings is 2. The van der Waals surface area contributed by atoms with Crippen LogP contribution in [0.3, 0.4) is 0 Å². The van der Waals surface area contributed by atoms with Crippen molar-refractivity contribution in [1.82, 2.24) is 10.2 Å². The van der Waals surface area contributed by atoms with E-state index in [0.717, 1.165) is 12.1 Å². The van der Waals surface area contributed by atoms with Crippen LogP contribution < -0.4 is 5.32 Å². The molecule has 3 rings (SSSR count). The summed E-state index contributed by atoms with van der Waals surface area (Å²) in [7, 11) is 1.61. The quantitative estimate of drug-likeness (QED) is 0.859. The molecule has 0 saturated carbocycles. The summed E-state index contributed by atoms with van der Waals surface area (Å²) in [6.45, 7) is 2.15. The van der Waals surface area contributed by atoms with E-state index in [9.17, 15) is 14.0 Å². The van der Waals surface area contributed by atoms with Crippen molar-refractivity contribution < 1.29 is 14.0 Å². The lowest BCUT2D eigenvalue weighted by Gasteiger charge is -2.38. The molecule has 1 N–H and O–H groups in total. The van der Waals surface area contributed by atoms with Crippen LogP contribution in [0.5, 0.6) is 0 Å². The maximum Gasteiger partial charge on any atom is 0.251 e. The lowest BCUT2D eigenvalue weighted by molar-refractivity contribution is 0.0595. The van der Waals surface area contributed by atoms with Crippen LogP contribution in [0.2, 0.25) is 0 Å². The molecule has 2 aromatic rings. The number of Topliss-reactive ketones (excluding diaryl/α,β-unsaturated/α-hetero) is 1. The molecule has 124 valence electrons. The highest BCUT2D eigenvalue weighted by Gasteiger charge is 2.32. The molecule has 0 aromatic heterocycles. The van der Waals surface area contributed by atoms with Gasteiger partial charge in [-0.3, -0.25) is 14.5 Å². The monoisotopic (exact) mass is 326 g/mol. The molecule has 0 unspecified atom stereocenters. The van der Waals surface area contributed by atoms with Crippen molar-refractivity contribution in [1.29, 1.82) is 0 Å². The largest absolute Gasteiger partial charge is 0.355 e. The third kappa shape index (κ3) is 3.51. The Kier molecular flexibility index (Phi) is 4.71. The Bertz CT molecular complexity index is 735. The number of nitrogens with zero attached hydrogens (tertiary/aromatic N) is 1. The van der Waals surface area contributed by atoms with E-state index >= 15 is 0 Å². The Morgan fingerprint density at radius 3 is 2.21 bits per heavy atom. The highest BCUT2D eigenvalue weighted by molar-refractivity contribution is 5.98. The fraction of sp³-hybridized carbons (Fsp3) is 0.263. The summed E-state index contributed by atoms with van der Waals surface area (Å²) in [5.41, 5.74) is 2.31. The van der Waals surface area contributed by atoms with Gasteiger partial charge in [0.05, 0.1) is 0 Å². The summed E-state index contributed by atoms with van der Waals surface area (Å²) in [5, 5.41) is 2.59. The van der Waals surface area contributed by atoms with Gasteiger partial charge in [-0.1, -0.05) is 12.1 Å². The number of likely N-dealkylation sites (tertiary alicyclic amines) is 1.